The summed E-state index contributed by atoms with van der Waals surface area (Å²) in [6.07, 6.45) is 3.39. The number of unbranched alkanes of at least 4 members (excludes halogenated alkanes) is 1. The average Bonchev–Trinajstić information content (AvgIpc) is 2.56. The molecule has 2 nitrogen and oxygen atoms in total. The predicted octanol–water partition coefficient (Wildman–Crippen LogP) is 1.74. The highest BCUT2D eigenvalue weighted by molar-refractivity contribution is 9.09. The van der Waals surface area contributed by atoms with Crippen molar-refractivity contribution in [1.82, 2.24) is 4.90 Å². The third kappa shape index (κ3) is 1.51. The van der Waals surface area contributed by atoms with Gasteiger partial charge in [-0.2, -0.15) is 0 Å². The second-order valence-electron chi connectivity index (χ2n) is 2.59. The molecule has 0 spiro atoms. The Labute approximate surface area is 69.7 Å². The van der Waals surface area contributed by atoms with Crippen molar-refractivity contribution in [1.29, 1.82) is 0 Å². The fraction of sp³-hybridized carbons (Fsp3) is 0.857. The molecule has 1 aliphatic heterocycles. The minimum atomic E-state index is 0.249. The summed E-state index contributed by atoms with van der Waals surface area (Å²) < 4.78 is 0. The van der Waals surface area contributed by atoms with Gasteiger partial charge in [0.15, 0.2) is 0 Å². The lowest BCUT2D eigenvalue weighted by Crippen LogP contribution is -1.97. The van der Waals surface area contributed by atoms with E-state index in [9.17, 15) is 4.79 Å². The lowest BCUT2D eigenvalue weighted by Gasteiger charge is -1.93. The van der Waals surface area contributed by atoms with E-state index in [1.54, 1.807) is 0 Å². The van der Waals surface area contributed by atoms with Crippen LogP contribution in [0.25, 0.3) is 0 Å². The molecule has 1 aliphatic rings. The second-order valence-corrected chi connectivity index (χ2v) is 3.09. The van der Waals surface area contributed by atoms with Crippen LogP contribution in [-0.2, 0) is 4.79 Å². The van der Waals surface area contributed by atoms with Crippen molar-refractivity contribution in [3.63, 3.8) is 0 Å². The maximum Gasteiger partial charge on any atom is 0.246 e. The summed E-state index contributed by atoms with van der Waals surface area (Å²) in [5.74, 6) is 0.310. The van der Waals surface area contributed by atoms with Crippen LogP contribution in [-0.4, -0.2) is 22.3 Å². The molecular formula is C7H12BrNO. The zero-order valence-electron chi connectivity index (χ0n) is 6.14. The maximum atomic E-state index is 10.9. The number of alkyl halides is 1. The molecule has 0 N–H and O–H groups in total. The topological polar surface area (TPSA) is 20.1 Å². The standard InChI is InChI=1S/C7H12BrNO/c1-2-3-4-6-7(10)9(6)5-8/h6H,2-5H2,1H3. The van der Waals surface area contributed by atoms with Gasteiger partial charge in [0.25, 0.3) is 0 Å². The van der Waals surface area contributed by atoms with E-state index < -0.39 is 0 Å². The van der Waals surface area contributed by atoms with Gasteiger partial charge in [0.2, 0.25) is 5.91 Å². The summed E-state index contributed by atoms with van der Waals surface area (Å²) in [5, 5.41) is 0. The van der Waals surface area contributed by atoms with E-state index in [1.807, 2.05) is 4.90 Å². The molecular weight excluding hydrogens is 194 g/mol. The Kier molecular flexibility index (Phi) is 2.72. The summed E-state index contributed by atoms with van der Waals surface area (Å²) in [4.78, 5) is 12.7. The summed E-state index contributed by atoms with van der Waals surface area (Å²) in [5.41, 5.74) is 0.709. The van der Waals surface area contributed by atoms with Crippen molar-refractivity contribution in [3.8, 4) is 0 Å². The van der Waals surface area contributed by atoms with Gasteiger partial charge in [-0.1, -0.05) is 35.7 Å². The minimum Gasteiger partial charge on any atom is -0.319 e. The van der Waals surface area contributed by atoms with Crippen molar-refractivity contribution in [3.05, 3.63) is 0 Å². The first-order valence-electron chi connectivity index (χ1n) is 3.67. The highest BCUT2D eigenvalue weighted by atomic mass is 79.9. The highest BCUT2D eigenvalue weighted by Gasteiger charge is 2.43. The van der Waals surface area contributed by atoms with E-state index in [-0.39, 0.29) is 6.04 Å². The second kappa shape index (κ2) is 3.37. The summed E-state index contributed by atoms with van der Waals surface area (Å²) in [6, 6.07) is 0.249. The van der Waals surface area contributed by atoms with E-state index in [2.05, 4.69) is 22.9 Å². The first-order chi connectivity index (χ1) is 4.81. The van der Waals surface area contributed by atoms with Crippen molar-refractivity contribution >= 4 is 21.8 Å². The Hall–Kier alpha value is -0.0500. The Morgan fingerprint density at radius 3 is 2.80 bits per heavy atom. The van der Waals surface area contributed by atoms with Gasteiger partial charge in [0, 0.05) is 0 Å². The van der Waals surface area contributed by atoms with Crippen LogP contribution >= 0.6 is 15.9 Å². The molecule has 58 valence electrons. The quantitative estimate of drug-likeness (QED) is 0.389. The lowest BCUT2D eigenvalue weighted by atomic mass is 10.2. The molecule has 10 heavy (non-hydrogen) atoms. The Balaban J connectivity index is 2.15. The van der Waals surface area contributed by atoms with Gasteiger partial charge >= 0.3 is 0 Å². The first-order valence-corrected chi connectivity index (χ1v) is 4.79. The number of hydrogen-bond donors (Lipinski definition) is 0. The number of nitrogens with zero attached hydrogens (tertiary/aromatic N) is 1. The molecule has 0 saturated carbocycles. The van der Waals surface area contributed by atoms with E-state index in [1.165, 1.54) is 12.8 Å². The molecule has 0 aromatic heterocycles. The van der Waals surface area contributed by atoms with Crippen LogP contribution in [0, 0.1) is 0 Å². The smallest absolute Gasteiger partial charge is 0.246 e. The van der Waals surface area contributed by atoms with Gasteiger partial charge in [-0.15, -0.1) is 0 Å². The fourth-order valence-corrected chi connectivity index (χ4v) is 1.67. The molecule has 1 unspecified atom stereocenters. The summed E-state index contributed by atoms with van der Waals surface area (Å²) >= 11 is 3.25. The van der Waals surface area contributed by atoms with Crippen LogP contribution in [0.4, 0.5) is 0 Å². The molecule has 1 fully saturated rings. The highest BCUT2D eigenvalue weighted by Crippen LogP contribution is 2.25. The summed E-state index contributed by atoms with van der Waals surface area (Å²) in [6.45, 7) is 2.14. The predicted molar refractivity (Wildman–Crippen MR) is 44.0 cm³/mol. The molecule has 0 aromatic rings. The van der Waals surface area contributed by atoms with Crippen LogP contribution < -0.4 is 0 Å². The molecule has 1 saturated heterocycles. The largest absolute Gasteiger partial charge is 0.319 e. The van der Waals surface area contributed by atoms with E-state index in [0.29, 0.717) is 11.4 Å². The third-order valence-corrected chi connectivity index (χ3v) is 2.38. The van der Waals surface area contributed by atoms with Gasteiger partial charge in [0.05, 0.1) is 5.45 Å². The van der Waals surface area contributed by atoms with Crippen LogP contribution in [0.5, 0.6) is 0 Å². The Morgan fingerprint density at radius 1 is 1.70 bits per heavy atom. The SMILES string of the molecule is CCCCC1C(=O)N1CBr. The molecule has 0 bridgehead atoms. The number of hydrogen-bond acceptors (Lipinski definition) is 1. The average molecular weight is 206 g/mol. The minimum absolute atomic E-state index is 0.249. The number of halogens is 1. The van der Waals surface area contributed by atoms with Crippen molar-refractivity contribution in [2.75, 3.05) is 5.45 Å². The summed E-state index contributed by atoms with van der Waals surface area (Å²) in [7, 11) is 0. The monoisotopic (exact) mass is 205 g/mol. The van der Waals surface area contributed by atoms with E-state index in [0.717, 1.165) is 6.42 Å². The van der Waals surface area contributed by atoms with Gasteiger partial charge < -0.3 is 4.90 Å². The van der Waals surface area contributed by atoms with Crippen LogP contribution in [0.2, 0.25) is 0 Å². The third-order valence-electron chi connectivity index (χ3n) is 1.84. The molecule has 0 aromatic carbocycles. The fourth-order valence-electron chi connectivity index (χ4n) is 1.08. The molecule has 1 amide bonds. The molecule has 0 aliphatic carbocycles. The van der Waals surface area contributed by atoms with Gasteiger partial charge in [-0.05, 0) is 6.42 Å². The normalized spacial score (nSPS) is 23.6. The van der Waals surface area contributed by atoms with Crippen molar-refractivity contribution < 1.29 is 4.79 Å². The van der Waals surface area contributed by atoms with Crippen molar-refractivity contribution in [2.45, 2.75) is 32.2 Å². The molecule has 1 heterocycles. The van der Waals surface area contributed by atoms with Gasteiger partial charge in [0.1, 0.15) is 6.04 Å². The molecule has 1 rings (SSSR count). The zero-order chi connectivity index (χ0) is 7.56. The maximum absolute atomic E-state index is 10.9. The first kappa shape index (κ1) is 8.05. The van der Waals surface area contributed by atoms with Crippen LogP contribution in [0.3, 0.4) is 0 Å². The Morgan fingerprint density at radius 2 is 2.40 bits per heavy atom. The lowest BCUT2D eigenvalue weighted by molar-refractivity contribution is -0.113. The number of carbonyl (C=O) groups excluding carboxylic acids is 1. The number of amides is 1. The van der Waals surface area contributed by atoms with Crippen LogP contribution in [0.1, 0.15) is 26.2 Å². The van der Waals surface area contributed by atoms with E-state index in [4.69, 9.17) is 0 Å². The molecule has 3 heteroatoms. The zero-order valence-corrected chi connectivity index (χ0v) is 7.73. The number of rotatable bonds is 4. The Bertz CT molecular complexity index is 138. The van der Waals surface area contributed by atoms with Crippen LogP contribution in [0.15, 0.2) is 0 Å². The molecule has 1 atom stereocenters. The van der Waals surface area contributed by atoms with Gasteiger partial charge in [-0.3, -0.25) is 4.79 Å². The molecule has 0 radical (unpaired) electrons. The number of carbonyl (C=O) groups is 1. The van der Waals surface area contributed by atoms with E-state index >= 15 is 0 Å². The van der Waals surface area contributed by atoms with Gasteiger partial charge in [-0.25, -0.2) is 0 Å². The van der Waals surface area contributed by atoms with Crippen molar-refractivity contribution in [2.24, 2.45) is 0 Å².